The van der Waals surface area contributed by atoms with Crippen LogP contribution in [0.25, 0.3) is 88.5 Å². The summed E-state index contributed by atoms with van der Waals surface area (Å²) in [6, 6.07) is 78.4. The summed E-state index contributed by atoms with van der Waals surface area (Å²) in [6.07, 6.45) is 2.32. The average molecular weight is 751 g/mol. The summed E-state index contributed by atoms with van der Waals surface area (Å²) in [7, 11) is 0. The van der Waals surface area contributed by atoms with Crippen molar-refractivity contribution < 1.29 is 0 Å². The minimum absolute atomic E-state index is 0.0496. The molecule has 0 atom stereocenters. The monoisotopic (exact) mass is 750 g/mol. The molecule has 1 aliphatic carbocycles. The van der Waals surface area contributed by atoms with Gasteiger partial charge in [-0.3, -0.25) is 0 Å². The largest absolute Gasteiger partial charge is 0.0622 e. The number of fused-ring (bicyclic) bond motifs is 6. The van der Waals surface area contributed by atoms with E-state index in [1.54, 1.807) is 0 Å². The molecule has 10 aromatic rings. The van der Waals surface area contributed by atoms with Crippen molar-refractivity contribution in [2.24, 2.45) is 0 Å². The summed E-state index contributed by atoms with van der Waals surface area (Å²) in [5.74, 6) is 0. The molecule has 0 heterocycles. The van der Waals surface area contributed by atoms with Crippen LogP contribution in [0, 0.1) is 0 Å². The van der Waals surface area contributed by atoms with Gasteiger partial charge in [-0.1, -0.05) is 208 Å². The molecule has 10 aromatic carbocycles. The van der Waals surface area contributed by atoms with Crippen LogP contribution in [0.3, 0.4) is 0 Å². The molecule has 0 saturated heterocycles. The van der Waals surface area contributed by atoms with Gasteiger partial charge in [0.1, 0.15) is 0 Å². The third kappa shape index (κ3) is 5.91. The fraction of sp³-hybridized carbons (Fsp3) is 0.0508. The van der Waals surface area contributed by atoms with Crippen LogP contribution in [0.2, 0.25) is 0 Å². The Morgan fingerprint density at radius 1 is 0.356 bits per heavy atom. The molecule has 0 heteroatoms. The van der Waals surface area contributed by atoms with Crippen molar-refractivity contribution in [3.8, 4) is 44.5 Å². The second kappa shape index (κ2) is 14.0. The van der Waals surface area contributed by atoms with E-state index >= 15 is 0 Å². The molecule has 0 unspecified atom stereocenters. The van der Waals surface area contributed by atoms with Gasteiger partial charge in [0.2, 0.25) is 0 Å². The third-order valence-corrected chi connectivity index (χ3v) is 12.7. The maximum Gasteiger partial charge on any atom is 0.0158 e. The fourth-order valence-electron chi connectivity index (χ4n) is 9.71. The summed E-state index contributed by atoms with van der Waals surface area (Å²) in [6.45, 7) is 4.72. The van der Waals surface area contributed by atoms with E-state index in [9.17, 15) is 0 Å². The van der Waals surface area contributed by atoms with Crippen LogP contribution in [-0.2, 0) is 5.41 Å². The van der Waals surface area contributed by atoms with E-state index in [1.165, 1.54) is 110 Å². The molecule has 0 fully saturated rings. The normalized spacial score (nSPS) is 12.7. The SMILES string of the molecule is CC1(C)c2ccccc2-c2cc(-c3c4ccccc4c(-c4ccc(C=C(c5ccccc5)c5ccccc5)cc4)c4ccc(-c5ccc6ccccc6c5)cc34)ccc21. The Hall–Kier alpha value is -7.28. The molecule has 1 aliphatic rings. The number of rotatable bonds is 6. The van der Waals surface area contributed by atoms with Gasteiger partial charge >= 0.3 is 0 Å². The van der Waals surface area contributed by atoms with Gasteiger partial charge in [-0.2, -0.15) is 0 Å². The van der Waals surface area contributed by atoms with E-state index in [1.807, 2.05) is 0 Å². The Kier molecular flexibility index (Phi) is 8.27. The van der Waals surface area contributed by atoms with Crippen LogP contribution >= 0.6 is 0 Å². The van der Waals surface area contributed by atoms with Crippen LogP contribution in [0.5, 0.6) is 0 Å². The molecular formula is C59H42. The molecular weight excluding hydrogens is 709 g/mol. The van der Waals surface area contributed by atoms with Crippen molar-refractivity contribution in [2.75, 3.05) is 0 Å². The van der Waals surface area contributed by atoms with Crippen molar-refractivity contribution in [2.45, 2.75) is 19.3 Å². The molecule has 59 heavy (non-hydrogen) atoms. The first kappa shape index (κ1) is 34.9. The summed E-state index contributed by atoms with van der Waals surface area (Å²) in [4.78, 5) is 0. The zero-order chi connectivity index (χ0) is 39.5. The molecule has 11 rings (SSSR count). The van der Waals surface area contributed by atoms with Gasteiger partial charge in [-0.15, -0.1) is 0 Å². The van der Waals surface area contributed by atoms with Gasteiger partial charge in [0.25, 0.3) is 0 Å². The molecule has 0 bridgehead atoms. The van der Waals surface area contributed by atoms with Gasteiger partial charge in [-0.05, 0) is 134 Å². The predicted molar refractivity (Wildman–Crippen MR) is 253 cm³/mol. The van der Waals surface area contributed by atoms with Crippen molar-refractivity contribution in [1.82, 2.24) is 0 Å². The Balaban J connectivity index is 1.13. The first-order valence-electron chi connectivity index (χ1n) is 20.7. The quantitative estimate of drug-likeness (QED) is 0.117. The lowest BCUT2D eigenvalue weighted by molar-refractivity contribution is 0.660. The van der Waals surface area contributed by atoms with Crippen LogP contribution < -0.4 is 0 Å². The lowest BCUT2D eigenvalue weighted by Crippen LogP contribution is -2.14. The van der Waals surface area contributed by atoms with Crippen LogP contribution in [-0.4, -0.2) is 0 Å². The zero-order valence-electron chi connectivity index (χ0n) is 33.3. The number of hydrogen-bond donors (Lipinski definition) is 0. The van der Waals surface area contributed by atoms with E-state index in [-0.39, 0.29) is 5.41 Å². The predicted octanol–water partition coefficient (Wildman–Crippen LogP) is 16.0. The minimum atomic E-state index is -0.0496. The lowest BCUT2D eigenvalue weighted by Gasteiger charge is -2.22. The molecule has 0 radical (unpaired) electrons. The van der Waals surface area contributed by atoms with Crippen LogP contribution in [0.4, 0.5) is 0 Å². The highest BCUT2D eigenvalue weighted by Gasteiger charge is 2.35. The molecule has 0 nitrogen and oxygen atoms in total. The van der Waals surface area contributed by atoms with E-state index in [2.05, 4.69) is 232 Å². The highest BCUT2D eigenvalue weighted by Crippen LogP contribution is 2.51. The molecule has 0 aliphatic heterocycles. The molecule has 0 N–H and O–H groups in total. The molecule has 0 aromatic heterocycles. The zero-order valence-corrected chi connectivity index (χ0v) is 33.3. The van der Waals surface area contributed by atoms with Crippen LogP contribution in [0.1, 0.15) is 41.7 Å². The van der Waals surface area contributed by atoms with E-state index in [0.717, 1.165) is 0 Å². The summed E-state index contributed by atoms with van der Waals surface area (Å²) in [5.41, 5.74) is 17.6. The van der Waals surface area contributed by atoms with Crippen molar-refractivity contribution in [3.63, 3.8) is 0 Å². The van der Waals surface area contributed by atoms with Gasteiger partial charge in [0.05, 0.1) is 0 Å². The maximum absolute atomic E-state index is 2.46. The summed E-state index contributed by atoms with van der Waals surface area (Å²) >= 11 is 0. The smallest absolute Gasteiger partial charge is 0.0158 e. The first-order valence-corrected chi connectivity index (χ1v) is 20.7. The Morgan fingerprint density at radius 3 is 1.61 bits per heavy atom. The average Bonchev–Trinajstić information content (AvgIpc) is 3.53. The fourth-order valence-corrected chi connectivity index (χ4v) is 9.71. The Labute approximate surface area is 346 Å². The second-order valence-corrected chi connectivity index (χ2v) is 16.5. The highest BCUT2D eigenvalue weighted by molar-refractivity contribution is 6.22. The second-order valence-electron chi connectivity index (χ2n) is 16.5. The molecule has 0 saturated carbocycles. The highest BCUT2D eigenvalue weighted by atomic mass is 14.4. The summed E-state index contributed by atoms with van der Waals surface area (Å²) < 4.78 is 0. The maximum atomic E-state index is 2.46. The van der Waals surface area contributed by atoms with Crippen molar-refractivity contribution in [3.05, 3.63) is 240 Å². The number of hydrogen-bond acceptors (Lipinski definition) is 0. The van der Waals surface area contributed by atoms with Gasteiger partial charge in [-0.25, -0.2) is 0 Å². The minimum Gasteiger partial charge on any atom is -0.0622 e. The first-order chi connectivity index (χ1) is 29.0. The van der Waals surface area contributed by atoms with Crippen molar-refractivity contribution in [1.29, 1.82) is 0 Å². The van der Waals surface area contributed by atoms with Gasteiger partial charge < -0.3 is 0 Å². The molecule has 0 spiro atoms. The third-order valence-electron chi connectivity index (χ3n) is 12.7. The van der Waals surface area contributed by atoms with Gasteiger partial charge in [0.15, 0.2) is 0 Å². The summed E-state index contributed by atoms with van der Waals surface area (Å²) in [5, 5.41) is 7.53. The van der Waals surface area contributed by atoms with Crippen molar-refractivity contribution >= 4 is 44.0 Å². The lowest BCUT2D eigenvalue weighted by atomic mass is 9.81. The Bertz CT molecular complexity index is 3210. The van der Waals surface area contributed by atoms with E-state index in [0.29, 0.717) is 0 Å². The topological polar surface area (TPSA) is 0 Å². The molecule has 278 valence electrons. The van der Waals surface area contributed by atoms with E-state index in [4.69, 9.17) is 0 Å². The van der Waals surface area contributed by atoms with E-state index < -0.39 is 0 Å². The molecule has 0 amide bonds. The van der Waals surface area contributed by atoms with Gasteiger partial charge in [0, 0.05) is 5.41 Å². The Morgan fingerprint density at radius 2 is 0.881 bits per heavy atom. The number of benzene rings is 10. The van der Waals surface area contributed by atoms with Crippen LogP contribution in [0.15, 0.2) is 212 Å². The standard InChI is InChI=1S/C59H42/c1-59(2)55-24-14-13-21-48(55)53-38-47(32-34-56(53)59)58-50-23-12-11-22-49(50)57(51-33-31-46(37-54(51)58)45-30-29-40-15-9-10-20-44(40)36-45)43-27-25-39(26-28-43)35-52(41-16-5-3-6-17-41)42-18-7-4-8-19-42/h3-38H,1-2H3.